The molecule has 1 N–H and O–H groups in total. The van der Waals surface area contributed by atoms with Crippen LogP contribution in [0.15, 0.2) is 0 Å². The number of esters is 1. The molecule has 0 aromatic heterocycles. The van der Waals surface area contributed by atoms with E-state index >= 15 is 0 Å². The average Bonchev–Trinajstić information content (AvgIpc) is 2.56. The monoisotopic (exact) mass is 263 g/mol. The van der Waals surface area contributed by atoms with Crippen LogP contribution in [-0.2, 0) is 9.53 Å². The highest BCUT2D eigenvalue weighted by molar-refractivity contribution is 5.79. The van der Waals surface area contributed by atoms with Crippen LogP contribution in [-0.4, -0.2) is 30.6 Å². The van der Waals surface area contributed by atoms with Gasteiger partial charge in [-0.15, -0.1) is 0 Å². The van der Waals surface area contributed by atoms with Gasteiger partial charge in [-0.05, 0) is 13.3 Å². The molecule has 0 bridgehead atoms. The van der Waals surface area contributed by atoms with Gasteiger partial charge in [-0.1, -0.05) is 32.6 Å². The normalized spacial score (nSPS) is 24.0. The summed E-state index contributed by atoms with van der Waals surface area (Å²) in [7, 11) is 0. The van der Waals surface area contributed by atoms with Gasteiger partial charge in [-0.25, -0.2) is 4.79 Å². The molecule has 1 rings (SSSR count). The van der Waals surface area contributed by atoms with Crippen LogP contribution in [0.25, 0.3) is 0 Å². The number of rotatable bonds is 8. The summed E-state index contributed by atoms with van der Waals surface area (Å²) < 4.78 is 30.4. The maximum atomic E-state index is 12.9. The Kier molecular flexibility index (Phi) is 5.99. The smallest absolute Gasteiger partial charge is 0.377 e. The van der Waals surface area contributed by atoms with E-state index in [-0.39, 0.29) is 6.04 Å². The predicted octanol–water partition coefficient (Wildman–Crippen LogP) is 2.89. The van der Waals surface area contributed by atoms with Crippen molar-refractivity contribution in [2.24, 2.45) is 0 Å². The molecule has 2 atom stereocenters. The highest BCUT2D eigenvalue weighted by Gasteiger charge is 2.50. The Hall–Kier alpha value is -0.710. The Morgan fingerprint density at radius 1 is 1.44 bits per heavy atom. The van der Waals surface area contributed by atoms with Gasteiger partial charge in [0.1, 0.15) is 6.10 Å². The first-order valence-corrected chi connectivity index (χ1v) is 6.78. The molecule has 106 valence electrons. The summed E-state index contributed by atoms with van der Waals surface area (Å²) in [5.41, 5.74) is 0. The minimum Gasteiger partial charge on any atom is -0.456 e. The Balaban J connectivity index is 2.12. The number of hydrogen-bond acceptors (Lipinski definition) is 3. The molecule has 2 unspecified atom stereocenters. The van der Waals surface area contributed by atoms with Gasteiger partial charge in [0, 0.05) is 12.6 Å². The predicted molar refractivity (Wildman–Crippen MR) is 65.7 cm³/mol. The maximum absolute atomic E-state index is 12.9. The Labute approximate surface area is 107 Å². The highest BCUT2D eigenvalue weighted by atomic mass is 19.3. The zero-order chi connectivity index (χ0) is 13.6. The second-order valence-electron chi connectivity index (χ2n) is 5.09. The van der Waals surface area contributed by atoms with Gasteiger partial charge in [0.25, 0.3) is 0 Å². The molecule has 0 radical (unpaired) electrons. The molecule has 3 nitrogen and oxygen atoms in total. The number of hydrogen-bond donors (Lipinski definition) is 1. The van der Waals surface area contributed by atoms with Gasteiger partial charge in [-0.3, -0.25) is 0 Å². The Morgan fingerprint density at radius 2 is 2.17 bits per heavy atom. The third-order valence-corrected chi connectivity index (χ3v) is 3.24. The molecule has 0 spiro atoms. The summed E-state index contributed by atoms with van der Waals surface area (Å²) in [4.78, 5) is 10.8. The molecule has 0 saturated carbocycles. The van der Waals surface area contributed by atoms with Crippen LogP contribution in [0.3, 0.4) is 0 Å². The molecule has 0 amide bonds. The number of alkyl halides is 2. The summed E-state index contributed by atoms with van der Waals surface area (Å²) in [6, 6.07) is 0.273. The molecule has 0 aliphatic carbocycles. The molecule has 18 heavy (non-hydrogen) atoms. The van der Waals surface area contributed by atoms with Gasteiger partial charge in [0.15, 0.2) is 0 Å². The van der Waals surface area contributed by atoms with E-state index in [0.717, 1.165) is 12.8 Å². The second-order valence-corrected chi connectivity index (χ2v) is 5.09. The molecule has 1 aliphatic rings. The average molecular weight is 263 g/mol. The molecule has 0 aromatic carbocycles. The van der Waals surface area contributed by atoms with Crippen molar-refractivity contribution < 1.29 is 18.3 Å². The zero-order valence-corrected chi connectivity index (χ0v) is 11.2. The van der Waals surface area contributed by atoms with E-state index in [2.05, 4.69) is 17.0 Å². The summed E-state index contributed by atoms with van der Waals surface area (Å²) in [5, 5.41) is 3.15. The number of ether oxygens (including phenoxy) is 1. The van der Waals surface area contributed by atoms with Crippen LogP contribution in [0.4, 0.5) is 8.78 Å². The van der Waals surface area contributed by atoms with Crippen LogP contribution in [0.2, 0.25) is 0 Å². The van der Waals surface area contributed by atoms with Gasteiger partial charge in [-0.2, -0.15) is 8.78 Å². The molecular formula is C13H23F2NO2. The lowest BCUT2D eigenvalue weighted by molar-refractivity contribution is -0.159. The zero-order valence-electron chi connectivity index (χ0n) is 11.2. The first-order chi connectivity index (χ1) is 8.45. The Bertz CT molecular complexity index is 272. The molecule has 1 heterocycles. The third kappa shape index (κ3) is 4.88. The van der Waals surface area contributed by atoms with E-state index in [1.165, 1.54) is 19.3 Å². The van der Waals surface area contributed by atoms with E-state index in [1.807, 2.05) is 6.92 Å². The Morgan fingerprint density at radius 3 is 2.72 bits per heavy atom. The minimum atomic E-state index is -3.29. The van der Waals surface area contributed by atoms with Crippen LogP contribution in [0, 0.1) is 0 Å². The fourth-order valence-corrected chi connectivity index (χ4v) is 2.07. The maximum Gasteiger partial charge on any atom is 0.377 e. The molecule has 5 heteroatoms. The van der Waals surface area contributed by atoms with Gasteiger partial charge >= 0.3 is 11.9 Å². The van der Waals surface area contributed by atoms with Gasteiger partial charge in [0.2, 0.25) is 0 Å². The van der Waals surface area contributed by atoms with E-state index in [1.54, 1.807) is 0 Å². The van der Waals surface area contributed by atoms with Crippen molar-refractivity contribution in [1.82, 2.24) is 5.32 Å². The highest BCUT2D eigenvalue weighted by Crippen LogP contribution is 2.30. The lowest BCUT2D eigenvalue weighted by atomic mass is 10.1. The van der Waals surface area contributed by atoms with Crippen molar-refractivity contribution in [3.63, 3.8) is 0 Å². The van der Waals surface area contributed by atoms with Crippen LogP contribution in [0.5, 0.6) is 0 Å². The van der Waals surface area contributed by atoms with Crippen molar-refractivity contribution in [2.75, 3.05) is 6.54 Å². The van der Waals surface area contributed by atoms with Crippen molar-refractivity contribution in [3.05, 3.63) is 0 Å². The van der Waals surface area contributed by atoms with Gasteiger partial charge in [0.05, 0.1) is 6.42 Å². The summed E-state index contributed by atoms with van der Waals surface area (Å²) in [5.74, 6) is -4.68. The van der Waals surface area contributed by atoms with Gasteiger partial charge < -0.3 is 10.1 Å². The largest absolute Gasteiger partial charge is 0.456 e. The lowest BCUT2D eigenvalue weighted by Crippen LogP contribution is -2.33. The van der Waals surface area contributed by atoms with Crippen LogP contribution < -0.4 is 5.32 Å². The summed E-state index contributed by atoms with van der Waals surface area (Å²) in [6.45, 7) is 4.51. The summed E-state index contributed by atoms with van der Waals surface area (Å²) in [6.07, 6.45) is 4.62. The number of nitrogens with one attached hydrogen (secondary N) is 1. The quantitative estimate of drug-likeness (QED) is 0.540. The van der Waals surface area contributed by atoms with E-state index in [9.17, 15) is 13.6 Å². The lowest BCUT2D eigenvalue weighted by Gasteiger charge is -2.16. The molecule has 0 aromatic rings. The van der Waals surface area contributed by atoms with Crippen molar-refractivity contribution in [3.8, 4) is 0 Å². The number of unbranched alkanes of at least 4 members (excludes halogenated alkanes) is 3. The van der Waals surface area contributed by atoms with Crippen molar-refractivity contribution in [1.29, 1.82) is 0 Å². The number of halogens is 2. The first kappa shape index (κ1) is 15.3. The first-order valence-electron chi connectivity index (χ1n) is 6.78. The molecule has 1 aliphatic heterocycles. The fourth-order valence-electron chi connectivity index (χ4n) is 2.07. The molecule has 1 saturated heterocycles. The van der Waals surface area contributed by atoms with E-state index < -0.39 is 24.4 Å². The van der Waals surface area contributed by atoms with Crippen molar-refractivity contribution >= 4 is 5.97 Å². The summed E-state index contributed by atoms with van der Waals surface area (Å²) >= 11 is 0. The van der Waals surface area contributed by atoms with Crippen molar-refractivity contribution in [2.45, 2.75) is 70.4 Å². The fraction of sp³-hybridized carbons (Fsp3) is 0.923. The topological polar surface area (TPSA) is 38.3 Å². The standard InChI is InChI=1S/C13H23F2NO2/c1-3-4-5-6-7-10(2)16-9-11-8-13(14,15)12(17)18-11/h10-11,16H,3-9H2,1-2H3. The third-order valence-electron chi connectivity index (χ3n) is 3.24. The molecule has 1 fully saturated rings. The van der Waals surface area contributed by atoms with Crippen LogP contribution in [0.1, 0.15) is 52.4 Å². The van der Waals surface area contributed by atoms with E-state index in [4.69, 9.17) is 0 Å². The number of carbonyl (C=O) groups excluding carboxylic acids is 1. The number of carbonyl (C=O) groups is 1. The van der Waals surface area contributed by atoms with Crippen LogP contribution >= 0.6 is 0 Å². The van der Waals surface area contributed by atoms with E-state index in [0.29, 0.717) is 6.54 Å². The second kappa shape index (κ2) is 7.02. The minimum absolute atomic E-state index is 0.273. The molecular weight excluding hydrogens is 240 g/mol. The SMILES string of the molecule is CCCCCCC(C)NCC1CC(F)(F)C(=O)O1. The number of cyclic esters (lactones) is 1.